The minimum Gasteiger partial charge on any atom is -0.497 e. The molecular weight excluding hydrogens is 362 g/mol. The van der Waals surface area contributed by atoms with Gasteiger partial charge < -0.3 is 19.5 Å². The first kappa shape index (κ1) is 20.1. The molecule has 1 aromatic rings. The van der Waals surface area contributed by atoms with Crippen molar-refractivity contribution in [3.05, 3.63) is 39.8 Å². The highest BCUT2D eigenvalue weighted by molar-refractivity contribution is 5.83. The Hall–Kier alpha value is -2.61. The highest BCUT2D eigenvalue weighted by Crippen LogP contribution is 2.39. The van der Waals surface area contributed by atoms with Crippen molar-refractivity contribution in [2.24, 2.45) is 11.8 Å². The van der Waals surface area contributed by atoms with Crippen molar-refractivity contribution in [3.63, 3.8) is 0 Å². The average molecular weight is 389 g/mol. The van der Waals surface area contributed by atoms with Crippen LogP contribution in [0.1, 0.15) is 51.5 Å². The van der Waals surface area contributed by atoms with Crippen LogP contribution in [0.2, 0.25) is 0 Å². The lowest BCUT2D eigenvalue weighted by Crippen LogP contribution is -2.62. The van der Waals surface area contributed by atoms with Gasteiger partial charge >= 0.3 is 0 Å². The molecule has 8 nitrogen and oxygen atoms in total. The standard InChI is InChI=1S/C20H27N3O5/c1-7-12(4)20(27-6)19-21-17-14(10-13(26-5)8-9-28-17)18(25)23(19)15(11(2)3)16(24)22-20/h8-12,15H,7H2,1-6H3,(H,22,24). The normalized spacial score (nSPS) is 24.5. The molecule has 0 spiro atoms. The van der Waals surface area contributed by atoms with Crippen LogP contribution < -0.4 is 15.6 Å². The fraction of sp³-hybridized carbons (Fsp3) is 0.550. The molecule has 0 aromatic carbocycles. The van der Waals surface area contributed by atoms with Crippen molar-refractivity contribution in [1.29, 1.82) is 0 Å². The molecule has 0 fully saturated rings. The van der Waals surface area contributed by atoms with Gasteiger partial charge in [0.1, 0.15) is 17.4 Å². The van der Waals surface area contributed by atoms with Gasteiger partial charge in [-0.2, -0.15) is 4.98 Å². The monoisotopic (exact) mass is 389 g/mol. The van der Waals surface area contributed by atoms with E-state index < -0.39 is 11.8 Å². The number of nitrogens with one attached hydrogen (secondary N) is 1. The second-order valence-corrected chi connectivity index (χ2v) is 7.43. The van der Waals surface area contributed by atoms with Gasteiger partial charge in [-0.3, -0.25) is 14.2 Å². The highest BCUT2D eigenvalue weighted by atomic mass is 16.5. The summed E-state index contributed by atoms with van der Waals surface area (Å²) in [4.78, 5) is 31.2. The van der Waals surface area contributed by atoms with Gasteiger partial charge in [-0.15, -0.1) is 0 Å². The molecule has 3 heterocycles. The quantitative estimate of drug-likeness (QED) is 0.831. The molecule has 2 aliphatic rings. The molecule has 0 saturated carbocycles. The Balaban J connectivity index is 2.39. The third-order valence-corrected chi connectivity index (χ3v) is 5.50. The van der Waals surface area contributed by atoms with Crippen molar-refractivity contribution in [2.75, 3.05) is 14.2 Å². The first-order valence-corrected chi connectivity index (χ1v) is 9.43. The third-order valence-electron chi connectivity index (χ3n) is 5.50. The van der Waals surface area contributed by atoms with E-state index in [-0.39, 0.29) is 34.7 Å². The molecule has 3 unspecified atom stereocenters. The number of allylic oxidation sites excluding steroid dienone is 1. The molecule has 0 aliphatic carbocycles. The van der Waals surface area contributed by atoms with E-state index >= 15 is 0 Å². The zero-order valence-electron chi connectivity index (χ0n) is 17.1. The molecule has 2 aliphatic heterocycles. The SMILES string of the molecule is CCC(C)C1(OC)NC(=O)C(C(C)C)n2c1nc1c(c2=O)C=C(OC)C=CO1. The van der Waals surface area contributed by atoms with Crippen LogP contribution in [0.3, 0.4) is 0 Å². The summed E-state index contributed by atoms with van der Waals surface area (Å²) in [5, 5.41) is 2.99. The van der Waals surface area contributed by atoms with Crippen molar-refractivity contribution >= 4 is 12.0 Å². The number of carbonyl (C=O) groups excluding carboxylic acids is 1. The molecule has 1 N–H and O–H groups in total. The molecular formula is C20H27N3O5. The van der Waals surface area contributed by atoms with Crippen LogP contribution in [-0.2, 0) is 20.0 Å². The van der Waals surface area contributed by atoms with Crippen LogP contribution in [0.25, 0.3) is 6.08 Å². The van der Waals surface area contributed by atoms with E-state index in [0.29, 0.717) is 18.0 Å². The smallest absolute Gasteiger partial charge is 0.265 e. The van der Waals surface area contributed by atoms with Gasteiger partial charge in [0.25, 0.3) is 5.56 Å². The molecule has 1 aromatic heterocycles. The number of rotatable bonds is 5. The Kier molecular flexibility index (Phi) is 5.34. The number of ether oxygens (including phenoxy) is 3. The fourth-order valence-electron chi connectivity index (χ4n) is 3.75. The summed E-state index contributed by atoms with van der Waals surface area (Å²) in [5.41, 5.74) is -1.35. The van der Waals surface area contributed by atoms with Gasteiger partial charge in [0.15, 0.2) is 5.82 Å². The molecule has 1 amide bonds. The van der Waals surface area contributed by atoms with Gasteiger partial charge in [-0.25, -0.2) is 0 Å². The maximum atomic E-state index is 13.5. The Morgan fingerprint density at radius 2 is 2.04 bits per heavy atom. The first-order valence-electron chi connectivity index (χ1n) is 9.43. The molecule has 28 heavy (non-hydrogen) atoms. The van der Waals surface area contributed by atoms with E-state index in [1.54, 1.807) is 12.2 Å². The van der Waals surface area contributed by atoms with Gasteiger partial charge in [-0.1, -0.05) is 27.7 Å². The average Bonchev–Trinajstić information content (AvgIpc) is 2.89. The number of methoxy groups -OCH3 is 2. The van der Waals surface area contributed by atoms with Crippen molar-refractivity contribution < 1.29 is 19.0 Å². The van der Waals surface area contributed by atoms with E-state index in [1.165, 1.54) is 25.0 Å². The summed E-state index contributed by atoms with van der Waals surface area (Å²) in [6.45, 7) is 7.73. The van der Waals surface area contributed by atoms with Crippen LogP contribution in [0, 0.1) is 11.8 Å². The summed E-state index contributed by atoms with van der Waals surface area (Å²) < 4.78 is 18.1. The van der Waals surface area contributed by atoms with E-state index in [0.717, 1.165) is 0 Å². The third kappa shape index (κ3) is 2.92. The molecule has 0 saturated heterocycles. The molecule has 0 radical (unpaired) electrons. The summed E-state index contributed by atoms with van der Waals surface area (Å²) in [6, 6.07) is -0.705. The predicted octanol–water partition coefficient (Wildman–Crippen LogP) is 2.31. The first-order chi connectivity index (χ1) is 13.3. The highest BCUT2D eigenvalue weighted by Gasteiger charge is 2.50. The zero-order chi connectivity index (χ0) is 20.6. The van der Waals surface area contributed by atoms with E-state index in [2.05, 4.69) is 10.3 Å². The second-order valence-electron chi connectivity index (χ2n) is 7.43. The molecule has 3 rings (SSSR count). The van der Waals surface area contributed by atoms with Gasteiger partial charge in [0.05, 0.1) is 13.4 Å². The second kappa shape index (κ2) is 7.43. The van der Waals surface area contributed by atoms with Gasteiger partial charge in [0.2, 0.25) is 17.5 Å². The van der Waals surface area contributed by atoms with E-state index in [4.69, 9.17) is 14.2 Å². The van der Waals surface area contributed by atoms with E-state index in [9.17, 15) is 9.59 Å². The summed E-state index contributed by atoms with van der Waals surface area (Å²) in [5.74, 6) is 0.435. The van der Waals surface area contributed by atoms with Crippen LogP contribution in [0.15, 0.2) is 22.9 Å². The Morgan fingerprint density at radius 3 is 2.61 bits per heavy atom. The van der Waals surface area contributed by atoms with Crippen LogP contribution in [0.4, 0.5) is 0 Å². The minimum absolute atomic E-state index is 0.126. The minimum atomic E-state index is -1.22. The van der Waals surface area contributed by atoms with Crippen LogP contribution >= 0.6 is 0 Å². The van der Waals surface area contributed by atoms with Crippen LogP contribution in [0.5, 0.6) is 5.88 Å². The lowest BCUT2D eigenvalue weighted by Gasteiger charge is -2.45. The summed E-state index contributed by atoms with van der Waals surface area (Å²) in [6.07, 6.45) is 5.31. The topological polar surface area (TPSA) is 91.7 Å². The molecule has 152 valence electrons. The number of amides is 1. The number of nitrogens with zero attached hydrogens (tertiary/aromatic N) is 2. The maximum absolute atomic E-state index is 13.5. The number of hydrogen-bond acceptors (Lipinski definition) is 6. The molecule has 0 bridgehead atoms. The Bertz CT molecular complexity index is 902. The lowest BCUT2D eigenvalue weighted by atomic mass is 9.88. The Labute approximate surface area is 164 Å². The predicted molar refractivity (Wildman–Crippen MR) is 103 cm³/mol. The maximum Gasteiger partial charge on any atom is 0.265 e. The van der Waals surface area contributed by atoms with Crippen molar-refractivity contribution in [1.82, 2.24) is 14.9 Å². The van der Waals surface area contributed by atoms with Crippen molar-refractivity contribution in [3.8, 4) is 5.88 Å². The van der Waals surface area contributed by atoms with Gasteiger partial charge in [-0.05, 0) is 18.4 Å². The number of fused-ring (bicyclic) bond motifs is 2. The van der Waals surface area contributed by atoms with Crippen molar-refractivity contribution in [2.45, 2.75) is 45.9 Å². The lowest BCUT2D eigenvalue weighted by molar-refractivity contribution is -0.154. The number of carbonyl (C=O) groups is 1. The van der Waals surface area contributed by atoms with Gasteiger partial charge in [0, 0.05) is 19.1 Å². The fourth-order valence-corrected chi connectivity index (χ4v) is 3.75. The van der Waals surface area contributed by atoms with Crippen LogP contribution in [-0.4, -0.2) is 29.7 Å². The summed E-state index contributed by atoms with van der Waals surface area (Å²) >= 11 is 0. The Morgan fingerprint density at radius 1 is 1.32 bits per heavy atom. The molecule has 3 atom stereocenters. The summed E-state index contributed by atoms with van der Waals surface area (Å²) in [7, 11) is 3.02. The largest absolute Gasteiger partial charge is 0.497 e. The zero-order valence-corrected chi connectivity index (χ0v) is 17.1. The number of hydrogen-bond donors (Lipinski definition) is 1. The molecule has 8 heteroatoms. The number of aromatic nitrogens is 2. The van der Waals surface area contributed by atoms with E-state index in [1.807, 2.05) is 27.7 Å².